The second kappa shape index (κ2) is 9.87. The van der Waals surface area contributed by atoms with Crippen molar-refractivity contribution in [3.63, 3.8) is 0 Å². The fraction of sp³-hybridized carbons (Fsp3) is 0.316. The van der Waals surface area contributed by atoms with E-state index in [4.69, 9.17) is 9.57 Å². The highest BCUT2D eigenvalue weighted by Crippen LogP contribution is 2.29. The van der Waals surface area contributed by atoms with E-state index in [2.05, 4.69) is 15.9 Å². The molecular weight excluding hydrogens is 427 g/mol. The van der Waals surface area contributed by atoms with E-state index in [9.17, 15) is 18.0 Å². The van der Waals surface area contributed by atoms with Crippen molar-refractivity contribution in [1.82, 2.24) is 5.06 Å². The average Bonchev–Trinajstić information content (AvgIpc) is 2.61. The number of hydrogen-bond acceptors (Lipinski definition) is 4. The summed E-state index contributed by atoms with van der Waals surface area (Å²) in [6, 6.07) is 12.4. The summed E-state index contributed by atoms with van der Waals surface area (Å²) < 4.78 is 43.8. The third kappa shape index (κ3) is 7.32. The van der Waals surface area contributed by atoms with E-state index in [0.717, 1.165) is 22.2 Å². The molecule has 0 atom stereocenters. The van der Waals surface area contributed by atoms with Gasteiger partial charge < -0.3 is 4.74 Å². The minimum absolute atomic E-state index is 0.216. The molecule has 4 nitrogen and oxygen atoms in total. The molecule has 0 aromatic heterocycles. The van der Waals surface area contributed by atoms with Crippen molar-refractivity contribution in [3.05, 3.63) is 69.7 Å². The van der Waals surface area contributed by atoms with Crippen molar-refractivity contribution in [1.29, 1.82) is 0 Å². The molecular formula is C19H19BrF3NO3. The van der Waals surface area contributed by atoms with E-state index < -0.39 is 17.7 Å². The lowest BCUT2D eigenvalue weighted by Gasteiger charge is -2.22. The smallest absolute Gasteiger partial charge is 0.416 e. The van der Waals surface area contributed by atoms with E-state index in [-0.39, 0.29) is 19.8 Å². The minimum Gasteiger partial charge on any atom is -0.464 e. The number of nitrogens with zero attached hydrogens (tertiary/aromatic N) is 1. The summed E-state index contributed by atoms with van der Waals surface area (Å²) >= 11 is 3.36. The lowest BCUT2D eigenvalue weighted by molar-refractivity contribution is -0.193. The largest absolute Gasteiger partial charge is 0.464 e. The number of hydrogen-bond donors (Lipinski definition) is 0. The van der Waals surface area contributed by atoms with E-state index in [1.54, 1.807) is 6.92 Å². The van der Waals surface area contributed by atoms with Gasteiger partial charge in [-0.05, 0) is 42.3 Å². The predicted octanol–water partition coefficient (Wildman–Crippen LogP) is 4.96. The maximum absolute atomic E-state index is 12.7. The maximum Gasteiger partial charge on any atom is 0.416 e. The molecule has 0 bridgehead atoms. The van der Waals surface area contributed by atoms with Crippen LogP contribution in [0.5, 0.6) is 0 Å². The Balaban J connectivity index is 2.08. The summed E-state index contributed by atoms with van der Waals surface area (Å²) in [5.74, 6) is -0.509. The second-order valence-corrected chi connectivity index (χ2v) is 6.61. The summed E-state index contributed by atoms with van der Waals surface area (Å²) in [6.07, 6.45) is -4.38. The SMILES string of the molecule is CCOC(=O)CON(Cc1ccc(Br)cc1)Cc1ccc(C(F)(F)F)cc1. The van der Waals surface area contributed by atoms with E-state index in [0.29, 0.717) is 12.1 Å². The monoisotopic (exact) mass is 445 g/mol. The fourth-order valence-corrected chi connectivity index (χ4v) is 2.55. The molecule has 0 fully saturated rings. The van der Waals surface area contributed by atoms with Gasteiger partial charge in [0.25, 0.3) is 0 Å². The molecule has 0 saturated heterocycles. The van der Waals surface area contributed by atoms with Gasteiger partial charge in [0, 0.05) is 17.6 Å². The zero-order valence-corrected chi connectivity index (χ0v) is 16.2. The average molecular weight is 446 g/mol. The van der Waals surface area contributed by atoms with Crippen molar-refractivity contribution in [2.24, 2.45) is 0 Å². The van der Waals surface area contributed by atoms with Crippen LogP contribution in [0.1, 0.15) is 23.6 Å². The lowest BCUT2D eigenvalue weighted by atomic mass is 10.1. The van der Waals surface area contributed by atoms with Crippen LogP contribution in [0.25, 0.3) is 0 Å². The first kappa shape index (κ1) is 21.4. The number of carbonyl (C=O) groups is 1. The first-order valence-electron chi connectivity index (χ1n) is 8.22. The van der Waals surface area contributed by atoms with Crippen LogP contribution in [0.4, 0.5) is 13.2 Å². The number of benzene rings is 2. The summed E-state index contributed by atoms with van der Waals surface area (Å²) in [5.41, 5.74) is 0.844. The number of halogens is 4. The standard InChI is InChI=1S/C19H19BrF3NO3/c1-2-26-18(25)13-27-24(12-15-5-9-17(20)10-6-15)11-14-3-7-16(8-4-14)19(21,22)23/h3-10H,2,11-13H2,1H3. The molecule has 0 aliphatic heterocycles. The Morgan fingerprint density at radius 1 is 1.00 bits per heavy atom. The number of esters is 1. The molecule has 146 valence electrons. The van der Waals surface area contributed by atoms with E-state index >= 15 is 0 Å². The summed E-state index contributed by atoms with van der Waals surface area (Å²) in [7, 11) is 0. The number of alkyl halides is 3. The number of carbonyl (C=O) groups excluding carboxylic acids is 1. The zero-order chi connectivity index (χ0) is 19.9. The summed E-state index contributed by atoms with van der Waals surface area (Å²) in [4.78, 5) is 17.1. The van der Waals surface area contributed by atoms with Crippen LogP contribution in [0, 0.1) is 0 Å². The Labute approximate surface area is 164 Å². The van der Waals surface area contributed by atoms with E-state index in [1.807, 2.05) is 24.3 Å². The van der Waals surface area contributed by atoms with Gasteiger partial charge in [-0.2, -0.15) is 18.2 Å². The Bertz CT molecular complexity index is 733. The molecule has 0 saturated carbocycles. The molecule has 0 amide bonds. The fourth-order valence-electron chi connectivity index (χ4n) is 2.29. The third-order valence-electron chi connectivity index (χ3n) is 3.58. The zero-order valence-electron chi connectivity index (χ0n) is 14.6. The number of hydroxylamine groups is 2. The van der Waals surface area contributed by atoms with Gasteiger partial charge in [-0.3, -0.25) is 4.84 Å². The second-order valence-electron chi connectivity index (χ2n) is 5.70. The van der Waals surface area contributed by atoms with Gasteiger partial charge in [0.05, 0.1) is 12.2 Å². The Morgan fingerprint density at radius 3 is 2.00 bits per heavy atom. The van der Waals surface area contributed by atoms with Crippen LogP contribution >= 0.6 is 15.9 Å². The Kier molecular flexibility index (Phi) is 7.82. The van der Waals surface area contributed by atoms with Crippen LogP contribution in [0.15, 0.2) is 53.0 Å². The Morgan fingerprint density at radius 2 is 1.52 bits per heavy atom. The quantitative estimate of drug-likeness (QED) is 0.424. The van der Waals surface area contributed by atoms with Crippen LogP contribution in [0.2, 0.25) is 0 Å². The van der Waals surface area contributed by atoms with Gasteiger partial charge in [0.15, 0.2) is 6.61 Å². The van der Waals surface area contributed by atoms with Crippen LogP contribution < -0.4 is 0 Å². The molecule has 0 heterocycles. The van der Waals surface area contributed by atoms with Crippen LogP contribution in [0.3, 0.4) is 0 Å². The van der Waals surface area contributed by atoms with Gasteiger partial charge in [-0.25, -0.2) is 4.79 Å². The minimum atomic E-state index is -4.38. The van der Waals surface area contributed by atoms with Crippen molar-refractivity contribution >= 4 is 21.9 Å². The first-order valence-corrected chi connectivity index (χ1v) is 9.01. The normalized spacial score (nSPS) is 11.6. The van der Waals surface area contributed by atoms with Crippen LogP contribution in [-0.2, 0) is 33.6 Å². The third-order valence-corrected chi connectivity index (χ3v) is 4.11. The van der Waals surface area contributed by atoms with Gasteiger partial charge in [0.1, 0.15) is 0 Å². The van der Waals surface area contributed by atoms with Crippen molar-refractivity contribution in [3.8, 4) is 0 Å². The molecule has 0 radical (unpaired) electrons. The topological polar surface area (TPSA) is 38.8 Å². The van der Waals surface area contributed by atoms with Gasteiger partial charge in [0.2, 0.25) is 0 Å². The van der Waals surface area contributed by atoms with Crippen molar-refractivity contribution in [2.75, 3.05) is 13.2 Å². The highest BCUT2D eigenvalue weighted by Gasteiger charge is 2.30. The lowest BCUT2D eigenvalue weighted by Crippen LogP contribution is -2.27. The van der Waals surface area contributed by atoms with Crippen molar-refractivity contribution in [2.45, 2.75) is 26.2 Å². The number of ether oxygens (including phenoxy) is 1. The first-order chi connectivity index (χ1) is 12.8. The number of rotatable bonds is 8. The molecule has 8 heteroatoms. The summed E-state index contributed by atoms with van der Waals surface area (Å²) in [6.45, 7) is 2.24. The molecule has 0 aliphatic rings. The predicted molar refractivity (Wildman–Crippen MR) is 97.4 cm³/mol. The summed E-state index contributed by atoms with van der Waals surface area (Å²) in [5, 5.41) is 1.52. The van der Waals surface area contributed by atoms with Crippen molar-refractivity contribution < 1.29 is 27.5 Å². The molecule has 0 aliphatic carbocycles. The molecule has 2 aromatic rings. The maximum atomic E-state index is 12.7. The molecule has 27 heavy (non-hydrogen) atoms. The van der Waals surface area contributed by atoms with Gasteiger partial charge in [-0.15, -0.1) is 0 Å². The van der Waals surface area contributed by atoms with Gasteiger partial charge >= 0.3 is 12.1 Å². The molecule has 0 N–H and O–H groups in total. The van der Waals surface area contributed by atoms with Gasteiger partial charge in [-0.1, -0.05) is 40.2 Å². The molecule has 0 unspecified atom stereocenters. The molecule has 2 aromatic carbocycles. The molecule has 0 spiro atoms. The highest BCUT2D eigenvalue weighted by molar-refractivity contribution is 9.10. The highest BCUT2D eigenvalue weighted by atomic mass is 79.9. The Hall–Kier alpha value is -1.90. The van der Waals surface area contributed by atoms with E-state index in [1.165, 1.54) is 17.2 Å². The van der Waals surface area contributed by atoms with Crippen LogP contribution in [-0.4, -0.2) is 24.2 Å². The molecule has 2 rings (SSSR count).